The molecule has 5 rings (SSSR count). The Morgan fingerprint density at radius 3 is 2.50 bits per heavy atom. The Kier molecular flexibility index (Phi) is 7.76. The summed E-state index contributed by atoms with van der Waals surface area (Å²) in [4.78, 5) is 32.5. The molecule has 0 spiro atoms. The van der Waals surface area contributed by atoms with Crippen molar-refractivity contribution in [3.63, 3.8) is 0 Å². The first-order chi connectivity index (χ1) is 19.1. The number of anilines is 1. The van der Waals surface area contributed by atoms with Crippen molar-refractivity contribution in [1.29, 1.82) is 0 Å². The molecule has 9 heteroatoms. The molecule has 4 aromatic rings. The molecule has 2 aromatic carbocycles. The zero-order chi connectivity index (χ0) is 28.4. The van der Waals surface area contributed by atoms with Gasteiger partial charge < -0.3 is 5.32 Å². The van der Waals surface area contributed by atoms with E-state index in [2.05, 4.69) is 31.1 Å². The van der Waals surface area contributed by atoms with Gasteiger partial charge in [-0.05, 0) is 54.4 Å². The van der Waals surface area contributed by atoms with Crippen molar-refractivity contribution >= 4 is 29.4 Å². The molecule has 1 aliphatic rings. The van der Waals surface area contributed by atoms with Crippen molar-refractivity contribution in [1.82, 2.24) is 20.1 Å². The van der Waals surface area contributed by atoms with Crippen molar-refractivity contribution in [3.05, 3.63) is 107 Å². The van der Waals surface area contributed by atoms with Crippen molar-refractivity contribution in [2.45, 2.75) is 44.9 Å². The molecule has 1 unspecified atom stereocenters. The zero-order valence-electron chi connectivity index (χ0n) is 23.0. The quantitative estimate of drug-likeness (QED) is 0.339. The lowest BCUT2D eigenvalue weighted by molar-refractivity contribution is -0.123. The van der Waals surface area contributed by atoms with Crippen molar-refractivity contribution in [3.8, 4) is 5.69 Å². The molecule has 7 nitrogen and oxygen atoms in total. The second-order valence-electron chi connectivity index (χ2n) is 10.9. The molecule has 3 heterocycles. The number of fused-ring (bicyclic) bond motifs is 1. The highest BCUT2D eigenvalue weighted by atomic mass is 32.2. The van der Waals surface area contributed by atoms with Gasteiger partial charge in [-0.15, -0.1) is 11.8 Å². The molecule has 0 saturated carbocycles. The largest absolute Gasteiger partial charge is 0.350 e. The predicted octanol–water partition coefficient (Wildman–Crippen LogP) is 5.50. The summed E-state index contributed by atoms with van der Waals surface area (Å²) in [5.41, 5.74) is 4.74. The number of halogens is 1. The first-order valence-corrected chi connectivity index (χ1v) is 14.2. The fraction of sp³-hybridized carbons (Fsp3) is 0.290. The summed E-state index contributed by atoms with van der Waals surface area (Å²) in [7, 11) is 0. The summed E-state index contributed by atoms with van der Waals surface area (Å²) in [6.07, 6.45) is 3.34. The number of nitrogens with one attached hydrogen (secondary N) is 1. The Balaban J connectivity index is 1.65. The number of hydrogen-bond donors (Lipinski definition) is 1. The highest BCUT2D eigenvalue weighted by molar-refractivity contribution is 8.00. The maximum absolute atomic E-state index is 14.4. The molecule has 2 amide bonds. The minimum atomic E-state index is -0.394. The second-order valence-corrected chi connectivity index (χ2v) is 12.0. The van der Waals surface area contributed by atoms with Crippen LogP contribution in [0.5, 0.6) is 0 Å². The number of carbonyl (C=O) groups excluding carboxylic acids is 2. The second kappa shape index (κ2) is 11.3. The molecule has 0 fully saturated rings. The monoisotopic (exact) mass is 557 g/mol. The summed E-state index contributed by atoms with van der Waals surface area (Å²) >= 11 is 1.43. The third kappa shape index (κ3) is 5.79. The van der Waals surface area contributed by atoms with Gasteiger partial charge in [-0.3, -0.25) is 19.5 Å². The van der Waals surface area contributed by atoms with Crippen molar-refractivity contribution in [2.75, 3.05) is 17.2 Å². The van der Waals surface area contributed by atoms with Crippen LogP contribution >= 0.6 is 11.8 Å². The first-order valence-electron chi connectivity index (χ1n) is 13.2. The Morgan fingerprint density at radius 2 is 1.82 bits per heavy atom. The number of rotatable bonds is 6. The van der Waals surface area contributed by atoms with Gasteiger partial charge in [-0.25, -0.2) is 9.07 Å². The van der Waals surface area contributed by atoms with Gasteiger partial charge in [0.2, 0.25) is 11.8 Å². The highest BCUT2D eigenvalue weighted by Crippen LogP contribution is 2.48. The average molecular weight is 558 g/mol. The Labute approximate surface area is 237 Å². The van der Waals surface area contributed by atoms with Crippen LogP contribution in [0, 0.1) is 12.7 Å². The lowest BCUT2D eigenvalue weighted by Gasteiger charge is -2.24. The molecule has 206 valence electrons. The predicted molar refractivity (Wildman–Crippen MR) is 156 cm³/mol. The maximum Gasteiger partial charge on any atom is 0.240 e. The smallest absolute Gasteiger partial charge is 0.240 e. The fourth-order valence-corrected chi connectivity index (χ4v) is 5.96. The molecule has 1 aliphatic heterocycles. The number of pyridine rings is 1. The SMILES string of the molecule is Cc1ccc(-n2nc(C(C)(C)C)c3c2N(CC(=O)NCc2ccncc2)C(=O)CSC3c2cccc(F)c2)cc1. The number of nitrogens with zero attached hydrogens (tertiary/aromatic N) is 4. The minimum absolute atomic E-state index is 0.130. The van der Waals surface area contributed by atoms with E-state index in [0.717, 1.165) is 33.6 Å². The number of aromatic nitrogens is 3. The Hall–Kier alpha value is -3.98. The molecule has 0 aliphatic carbocycles. The van der Waals surface area contributed by atoms with Crippen molar-refractivity contribution in [2.24, 2.45) is 0 Å². The van der Waals surface area contributed by atoms with Crippen LogP contribution in [0.15, 0.2) is 73.1 Å². The third-order valence-corrected chi connectivity index (χ3v) is 8.02. The van der Waals surface area contributed by atoms with E-state index in [4.69, 9.17) is 5.10 Å². The van der Waals surface area contributed by atoms with Crippen LogP contribution in [0.3, 0.4) is 0 Å². The fourth-order valence-electron chi connectivity index (χ4n) is 4.77. The molecule has 0 saturated heterocycles. The van der Waals surface area contributed by atoms with Gasteiger partial charge in [0.15, 0.2) is 0 Å². The van der Waals surface area contributed by atoms with E-state index in [1.807, 2.05) is 49.4 Å². The number of hydrogen-bond acceptors (Lipinski definition) is 5. The van der Waals surface area contributed by atoms with Crippen LogP contribution in [-0.4, -0.2) is 38.9 Å². The molecule has 1 N–H and O–H groups in total. The molecular weight excluding hydrogens is 525 g/mol. The average Bonchev–Trinajstić information content (AvgIpc) is 3.26. The summed E-state index contributed by atoms with van der Waals surface area (Å²) in [6, 6.07) is 18.0. The van der Waals surface area contributed by atoms with Gasteiger partial charge in [-0.2, -0.15) is 5.10 Å². The van der Waals surface area contributed by atoms with Gasteiger partial charge in [-0.1, -0.05) is 50.6 Å². The number of carbonyl (C=O) groups is 2. The van der Waals surface area contributed by atoms with Gasteiger partial charge in [0.1, 0.15) is 18.2 Å². The molecule has 0 radical (unpaired) electrons. The van der Waals surface area contributed by atoms with Crippen LogP contribution in [0.25, 0.3) is 5.69 Å². The van der Waals surface area contributed by atoms with Gasteiger partial charge in [0.05, 0.1) is 22.4 Å². The van der Waals surface area contributed by atoms with Gasteiger partial charge >= 0.3 is 0 Å². The lowest BCUT2D eigenvalue weighted by Crippen LogP contribution is -2.42. The number of aryl methyl sites for hydroxylation is 1. The van der Waals surface area contributed by atoms with Crippen LogP contribution in [0.4, 0.5) is 10.2 Å². The number of amides is 2. The van der Waals surface area contributed by atoms with E-state index >= 15 is 0 Å². The van der Waals surface area contributed by atoms with Crippen molar-refractivity contribution < 1.29 is 14.0 Å². The zero-order valence-corrected chi connectivity index (χ0v) is 23.8. The van der Waals surface area contributed by atoms with Crippen LogP contribution in [-0.2, 0) is 21.5 Å². The standard InChI is InChI=1S/C31H32FN5O2S/c1-20-8-10-24(11-9-20)37-30-27(29(35-37)31(2,3)4)28(22-6-5-7-23(32)16-22)40-19-26(39)36(30)18-25(38)34-17-21-12-14-33-15-13-21/h5-16,28H,17-19H2,1-4H3,(H,34,38). The Morgan fingerprint density at radius 1 is 1.10 bits per heavy atom. The topological polar surface area (TPSA) is 80.1 Å². The molecular formula is C31H32FN5O2S. The summed E-state index contributed by atoms with van der Waals surface area (Å²) in [6.45, 7) is 8.37. The Bertz CT molecular complexity index is 1530. The van der Waals surface area contributed by atoms with E-state index in [1.54, 1.807) is 23.1 Å². The first kappa shape index (κ1) is 27.6. The van der Waals surface area contributed by atoms with E-state index in [1.165, 1.54) is 28.8 Å². The summed E-state index contributed by atoms with van der Waals surface area (Å²) in [5, 5.41) is 7.64. The summed E-state index contributed by atoms with van der Waals surface area (Å²) in [5.74, 6) is -0.176. The maximum atomic E-state index is 14.4. The number of benzene rings is 2. The lowest BCUT2D eigenvalue weighted by atomic mass is 9.87. The molecule has 1 atom stereocenters. The third-order valence-electron chi connectivity index (χ3n) is 6.77. The highest BCUT2D eigenvalue weighted by Gasteiger charge is 2.40. The normalized spacial score (nSPS) is 15.5. The van der Waals surface area contributed by atoms with Crippen LogP contribution in [0.2, 0.25) is 0 Å². The van der Waals surface area contributed by atoms with E-state index < -0.39 is 5.41 Å². The molecule has 40 heavy (non-hydrogen) atoms. The minimum Gasteiger partial charge on any atom is -0.350 e. The van der Waals surface area contributed by atoms with E-state index in [0.29, 0.717) is 12.4 Å². The van der Waals surface area contributed by atoms with E-state index in [9.17, 15) is 14.0 Å². The molecule has 2 aromatic heterocycles. The van der Waals surface area contributed by atoms with Crippen LogP contribution < -0.4 is 10.2 Å². The van der Waals surface area contributed by atoms with Gasteiger partial charge in [0, 0.05) is 29.9 Å². The molecule has 0 bridgehead atoms. The van der Waals surface area contributed by atoms with Gasteiger partial charge in [0.25, 0.3) is 0 Å². The number of thioether (sulfide) groups is 1. The summed E-state index contributed by atoms with van der Waals surface area (Å²) < 4.78 is 16.2. The van der Waals surface area contributed by atoms with Crippen LogP contribution in [0.1, 0.15) is 54.0 Å². The van der Waals surface area contributed by atoms with E-state index in [-0.39, 0.29) is 35.2 Å².